The Labute approximate surface area is 109 Å². The third kappa shape index (κ3) is 1.63. The largest absolute Gasteiger partial charge is 0.469 e. The molecular formula is C14H20BNO2. The minimum absolute atomic E-state index is 0.0271. The molecule has 1 aliphatic carbocycles. The van der Waals surface area contributed by atoms with Gasteiger partial charge in [-0.25, -0.2) is 0 Å². The third-order valence-corrected chi connectivity index (χ3v) is 4.73. The summed E-state index contributed by atoms with van der Waals surface area (Å²) in [5, 5.41) is 0.0271. The highest BCUT2D eigenvalue weighted by atomic mass is 16.7. The zero-order chi connectivity index (χ0) is 13.0. The Bertz CT molecular complexity index is 438. The molecule has 1 saturated heterocycles. The monoisotopic (exact) mass is 245 g/mol. The molecule has 0 unspecified atom stereocenters. The molecule has 0 aromatic carbocycles. The Morgan fingerprint density at radius 3 is 2.17 bits per heavy atom. The van der Waals surface area contributed by atoms with Gasteiger partial charge in [-0.15, -0.1) is 0 Å². The lowest BCUT2D eigenvalue weighted by Crippen LogP contribution is -2.41. The highest BCUT2D eigenvalue weighted by Crippen LogP contribution is 2.55. The molecule has 2 heterocycles. The zero-order valence-electron chi connectivity index (χ0n) is 11.6. The quantitative estimate of drug-likeness (QED) is 0.751. The molecule has 0 bridgehead atoms. The maximum atomic E-state index is 6.20. The summed E-state index contributed by atoms with van der Waals surface area (Å²) in [5.74, 6) is 0. The van der Waals surface area contributed by atoms with Gasteiger partial charge in [0.1, 0.15) is 0 Å². The molecule has 18 heavy (non-hydrogen) atoms. The van der Waals surface area contributed by atoms with Crippen LogP contribution in [0.25, 0.3) is 0 Å². The lowest BCUT2D eigenvalue weighted by Gasteiger charge is -2.32. The van der Waals surface area contributed by atoms with Crippen molar-refractivity contribution >= 4 is 7.12 Å². The van der Waals surface area contributed by atoms with Gasteiger partial charge >= 0.3 is 7.12 Å². The molecule has 0 atom stereocenters. The van der Waals surface area contributed by atoms with Crippen LogP contribution in [0, 0.1) is 0 Å². The van der Waals surface area contributed by atoms with E-state index >= 15 is 0 Å². The van der Waals surface area contributed by atoms with Gasteiger partial charge in [-0.2, -0.15) is 0 Å². The molecular weight excluding hydrogens is 225 g/mol. The number of hydrogen-bond donors (Lipinski definition) is 0. The molecule has 2 aliphatic rings. The lowest BCUT2D eigenvalue weighted by atomic mass is 9.64. The van der Waals surface area contributed by atoms with Crippen molar-refractivity contribution in [3.8, 4) is 0 Å². The molecule has 1 saturated carbocycles. The average Bonchev–Trinajstić information content (AvgIpc) is 3.05. The fraction of sp³-hybridized carbons (Fsp3) is 0.643. The Balaban J connectivity index is 1.90. The van der Waals surface area contributed by atoms with Crippen molar-refractivity contribution in [3.05, 3.63) is 30.1 Å². The van der Waals surface area contributed by atoms with Gasteiger partial charge in [0.15, 0.2) is 0 Å². The van der Waals surface area contributed by atoms with Gasteiger partial charge in [0.05, 0.1) is 11.2 Å². The van der Waals surface area contributed by atoms with Crippen LogP contribution < -0.4 is 0 Å². The van der Waals surface area contributed by atoms with Gasteiger partial charge in [-0.05, 0) is 52.2 Å². The van der Waals surface area contributed by atoms with Crippen molar-refractivity contribution in [2.75, 3.05) is 0 Å². The van der Waals surface area contributed by atoms with E-state index < -0.39 is 0 Å². The standard InChI is InChI=1S/C14H20BNO2/c1-12(2)13(3,4)18-15(17-12)14(7-8-14)11-6-5-9-16-10-11/h5-6,9-10H,7-8H2,1-4H3. The molecule has 3 rings (SSSR count). The fourth-order valence-corrected chi connectivity index (χ4v) is 2.52. The smallest absolute Gasteiger partial charge is 0.403 e. The van der Waals surface area contributed by atoms with Crippen LogP contribution in [0.5, 0.6) is 0 Å². The molecule has 1 aromatic heterocycles. The van der Waals surface area contributed by atoms with Crippen LogP contribution in [0.2, 0.25) is 0 Å². The normalized spacial score (nSPS) is 27.2. The second kappa shape index (κ2) is 3.58. The number of nitrogens with zero attached hydrogens (tertiary/aromatic N) is 1. The molecule has 2 fully saturated rings. The Hall–Kier alpha value is -0.865. The van der Waals surface area contributed by atoms with Crippen molar-refractivity contribution in [2.45, 2.75) is 57.1 Å². The van der Waals surface area contributed by atoms with E-state index in [1.54, 1.807) is 0 Å². The van der Waals surface area contributed by atoms with E-state index in [9.17, 15) is 0 Å². The van der Waals surface area contributed by atoms with Gasteiger partial charge in [0.25, 0.3) is 0 Å². The molecule has 3 nitrogen and oxygen atoms in total. The van der Waals surface area contributed by atoms with Crippen LogP contribution in [0.4, 0.5) is 0 Å². The van der Waals surface area contributed by atoms with Gasteiger partial charge in [0.2, 0.25) is 0 Å². The van der Waals surface area contributed by atoms with Crippen LogP contribution in [0.3, 0.4) is 0 Å². The molecule has 1 aliphatic heterocycles. The van der Waals surface area contributed by atoms with Gasteiger partial charge < -0.3 is 9.31 Å². The molecule has 96 valence electrons. The Morgan fingerprint density at radius 2 is 1.72 bits per heavy atom. The van der Waals surface area contributed by atoms with Gasteiger partial charge in [0, 0.05) is 17.7 Å². The van der Waals surface area contributed by atoms with Crippen LogP contribution in [-0.2, 0) is 14.6 Å². The topological polar surface area (TPSA) is 31.4 Å². The maximum absolute atomic E-state index is 6.20. The minimum Gasteiger partial charge on any atom is -0.403 e. The summed E-state index contributed by atoms with van der Waals surface area (Å²) in [6.07, 6.45) is 5.99. The van der Waals surface area contributed by atoms with E-state index in [0.717, 1.165) is 12.8 Å². The first-order chi connectivity index (χ1) is 8.37. The van der Waals surface area contributed by atoms with Crippen LogP contribution in [0.15, 0.2) is 24.5 Å². The first-order valence-corrected chi connectivity index (χ1v) is 6.64. The fourth-order valence-electron chi connectivity index (χ4n) is 2.52. The predicted octanol–water partition coefficient (Wildman–Crippen LogP) is 2.74. The average molecular weight is 245 g/mol. The minimum atomic E-state index is -0.254. The summed E-state index contributed by atoms with van der Waals surface area (Å²) in [5.41, 5.74) is 0.730. The summed E-state index contributed by atoms with van der Waals surface area (Å²) < 4.78 is 12.4. The first-order valence-electron chi connectivity index (χ1n) is 6.64. The van der Waals surface area contributed by atoms with E-state index in [2.05, 4.69) is 38.7 Å². The van der Waals surface area contributed by atoms with E-state index in [1.807, 2.05) is 18.5 Å². The summed E-state index contributed by atoms with van der Waals surface area (Å²) in [6.45, 7) is 8.41. The van der Waals surface area contributed by atoms with Crippen LogP contribution >= 0.6 is 0 Å². The van der Waals surface area contributed by atoms with E-state index in [1.165, 1.54) is 5.56 Å². The summed E-state index contributed by atoms with van der Waals surface area (Å²) in [7, 11) is -0.147. The zero-order valence-corrected chi connectivity index (χ0v) is 11.6. The molecule has 4 heteroatoms. The number of hydrogen-bond acceptors (Lipinski definition) is 3. The van der Waals surface area contributed by atoms with Gasteiger partial charge in [-0.3, -0.25) is 4.98 Å². The van der Waals surface area contributed by atoms with E-state index in [4.69, 9.17) is 9.31 Å². The number of aromatic nitrogens is 1. The predicted molar refractivity (Wildman–Crippen MR) is 71.2 cm³/mol. The van der Waals surface area contributed by atoms with Crippen molar-refractivity contribution in [1.82, 2.24) is 4.98 Å². The lowest BCUT2D eigenvalue weighted by molar-refractivity contribution is 0.00578. The number of rotatable bonds is 2. The third-order valence-electron chi connectivity index (χ3n) is 4.73. The van der Waals surface area contributed by atoms with Crippen LogP contribution in [-0.4, -0.2) is 23.3 Å². The molecule has 0 N–H and O–H groups in total. The van der Waals surface area contributed by atoms with E-state index in [-0.39, 0.29) is 23.6 Å². The highest BCUT2D eigenvalue weighted by Gasteiger charge is 2.65. The molecule has 1 aromatic rings. The summed E-state index contributed by atoms with van der Waals surface area (Å²) in [4.78, 5) is 4.22. The maximum Gasteiger partial charge on any atom is 0.469 e. The SMILES string of the molecule is CC1(C)OB(C2(c3cccnc3)CC2)OC1(C)C. The molecule has 0 radical (unpaired) electrons. The Kier molecular flexibility index (Phi) is 2.42. The summed E-state index contributed by atoms with van der Waals surface area (Å²) in [6, 6.07) is 4.12. The second-order valence-electron chi connectivity index (χ2n) is 6.49. The molecule has 0 amide bonds. The second-order valence-corrected chi connectivity index (χ2v) is 6.49. The van der Waals surface area contributed by atoms with Crippen molar-refractivity contribution in [1.29, 1.82) is 0 Å². The van der Waals surface area contributed by atoms with Crippen molar-refractivity contribution in [3.63, 3.8) is 0 Å². The summed E-state index contributed by atoms with van der Waals surface area (Å²) >= 11 is 0. The van der Waals surface area contributed by atoms with Crippen LogP contribution in [0.1, 0.15) is 46.1 Å². The number of pyridine rings is 1. The highest BCUT2D eigenvalue weighted by molar-refractivity contribution is 6.51. The molecule has 0 spiro atoms. The van der Waals surface area contributed by atoms with Crippen molar-refractivity contribution in [2.24, 2.45) is 0 Å². The van der Waals surface area contributed by atoms with Crippen molar-refractivity contribution < 1.29 is 9.31 Å². The first kappa shape index (κ1) is 12.2. The van der Waals surface area contributed by atoms with Gasteiger partial charge in [-0.1, -0.05) is 6.07 Å². The van der Waals surface area contributed by atoms with E-state index in [0.29, 0.717) is 0 Å². The Morgan fingerprint density at radius 1 is 1.11 bits per heavy atom.